The lowest BCUT2D eigenvalue weighted by Gasteiger charge is -2.12. The summed E-state index contributed by atoms with van der Waals surface area (Å²) in [4.78, 5) is 39.0. The van der Waals surface area contributed by atoms with Crippen molar-refractivity contribution in [1.29, 1.82) is 0 Å². The van der Waals surface area contributed by atoms with Gasteiger partial charge in [0.05, 0.1) is 19.2 Å². The third kappa shape index (κ3) is 5.44. The van der Waals surface area contributed by atoms with Crippen LogP contribution in [0.4, 0.5) is 5.69 Å². The number of rotatable bonds is 7. The molecule has 0 aromatic heterocycles. The van der Waals surface area contributed by atoms with Gasteiger partial charge in [0.1, 0.15) is 0 Å². The second kappa shape index (κ2) is 9.97. The largest absolute Gasteiger partial charge is 0.493 e. The number of hydrogen-bond acceptors (Lipinski definition) is 8. The molecule has 2 aromatic carbocycles. The Morgan fingerprint density at radius 2 is 1.91 bits per heavy atom. The summed E-state index contributed by atoms with van der Waals surface area (Å²) in [5.41, 5.74) is 1.75. The maximum absolute atomic E-state index is 12.3. The summed E-state index contributed by atoms with van der Waals surface area (Å²) in [5.74, 6) is -0.839. The molecular formula is C22H19ClN2O7. The molecule has 32 heavy (non-hydrogen) atoms. The molecule has 1 aliphatic heterocycles. The molecule has 0 spiro atoms. The monoisotopic (exact) mass is 458 g/mol. The molecule has 3 rings (SSSR count). The maximum atomic E-state index is 12.3. The van der Waals surface area contributed by atoms with E-state index in [9.17, 15) is 14.4 Å². The first-order chi connectivity index (χ1) is 15.3. The second-order valence-electron chi connectivity index (χ2n) is 6.49. The Labute approximate surface area is 188 Å². The summed E-state index contributed by atoms with van der Waals surface area (Å²) in [6, 6.07) is 9.81. The minimum Gasteiger partial charge on any atom is -0.493 e. The average molecular weight is 459 g/mol. The summed E-state index contributed by atoms with van der Waals surface area (Å²) in [6.45, 7) is 1.07. The van der Waals surface area contributed by atoms with E-state index in [-0.39, 0.29) is 40.6 Å². The standard InChI is InChI=1S/C22H19ClN2O7/c1-12(26)24-15-6-4-14(5-7-15)21-25-17(22(28)32-21)9-13-8-16(23)20(18(10-13)29-2)31-11-19(27)30-3/h4-10H,11H2,1-3H3,(H,24,26)/b17-9-. The molecule has 10 heteroatoms. The summed E-state index contributed by atoms with van der Waals surface area (Å²) in [5, 5.41) is 2.82. The first-order valence-corrected chi connectivity index (χ1v) is 9.66. The van der Waals surface area contributed by atoms with E-state index in [4.69, 9.17) is 25.8 Å². The van der Waals surface area contributed by atoms with Gasteiger partial charge in [-0.1, -0.05) is 11.6 Å². The van der Waals surface area contributed by atoms with Gasteiger partial charge in [-0.3, -0.25) is 4.79 Å². The summed E-state index contributed by atoms with van der Waals surface area (Å²) >= 11 is 6.27. The van der Waals surface area contributed by atoms with Crippen LogP contribution < -0.4 is 14.8 Å². The van der Waals surface area contributed by atoms with Gasteiger partial charge in [0.2, 0.25) is 11.8 Å². The minimum atomic E-state index is -0.632. The Kier molecular flexibility index (Phi) is 7.11. The average Bonchev–Trinajstić information content (AvgIpc) is 3.12. The van der Waals surface area contributed by atoms with Crippen molar-refractivity contribution in [2.24, 2.45) is 4.99 Å². The number of ether oxygens (including phenoxy) is 4. The number of methoxy groups -OCH3 is 2. The van der Waals surface area contributed by atoms with Crippen LogP contribution in [0.25, 0.3) is 6.08 Å². The highest BCUT2D eigenvalue weighted by Crippen LogP contribution is 2.37. The van der Waals surface area contributed by atoms with Gasteiger partial charge >= 0.3 is 11.9 Å². The quantitative estimate of drug-likeness (QED) is 0.500. The molecule has 0 aliphatic carbocycles. The fourth-order valence-corrected chi connectivity index (χ4v) is 3.02. The van der Waals surface area contributed by atoms with Crippen molar-refractivity contribution in [2.75, 3.05) is 26.1 Å². The Hall–Kier alpha value is -3.85. The molecule has 9 nitrogen and oxygen atoms in total. The van der Waals surface area contributed by atoms with Crippen LogP contribution in [0.2, 0.25) is 5.02 Å². The predicted octanol–water partition coefficient (Wildman–Crippen LogP) is 3.20. The fourth-order valence-electron chi connectivity index (χ4n) is 2.74. The van der Waals surface area contributed by atoms with Gasteiger partial charge in [0, 0.05) is 18.2 Å². The third-order valence-electron chi connectivity index (χ3n) is 4.19. The van der Waals surface area contributed by atoms with Crippen LogP contribution in [0.5, 0.6) is 11.5 Å². The predicted molar refractivity (Wildman–Crippen MR) is 117 cm³/mol. The molecule has 0 saturated heterocycles. The first-order valence-electron chi connectivity index (χ1n) is 9.28. The van der Waals surface area contributed by atoms with E-state index < -0.39 is 11.9 Å². The van der Waals surface area contributed by atoms with E-state index >= 15 is 0 Å². The van der Waals surface area contributed by atoms with Gasteiger partial charge in [0.15, 0.2) is 23.8 Å². The maximum Gasteiger partial charge on any atom is 0.363 e. The number of carbonyl (C=O) groups is 3. The number of nitrogens with zero attached hydrogens (tertiary/aromatic N) is 1. The number of halogens is 1. The molecule has 1 aliphatic rings. The molecule has 1 N–H and O–H groups in total. The van der Waals surface area contributed by atoms with Crippen molar-refractivity contribution < 1.29 is 33.3 Å². The molecule has 0 radical (unpaired) electrons. The summed E-state index contributed by atoms with van der Waals surface area (Å²) in [6.07, 6.45) is 1.49. The number of hydrogen-bond donors (Lipinski definition) is 1. The number of aliphatic imine (C=N–C) groups is 1. The Morgan fingerprint density at radius 3 is 2.53 bits per heavy atom. The topological polar surface area (TPSA) is 113 Å². The number of nitrogens with one attached hydrogen (secondary N) is 1. The highest BCUT2D eigenvalue weighted by molar-refractivity contribution is 6.32. The van der Waals surface area contributed by atoms with Crippen molar-refractivity contribution in [2.45, 2.75) is 6.92 Å². The van der Waals surface area contributed by atoms with Gasteiger partial charge in [-0.25, -0.2) is 14.6 Å². The summed E-state index contributed by atoms with van der Waals surface area (Å²) < 4.78 is 20.4. The molecular weight excluding hydrogens is 440 g/mol. The van der Waals surface area contributed by atoms with Gasteiger partial charge in [-0.15, -0.1) is 0 Å². The molecule has 2 aromatic rings. The zero-order chi connectivity index (χ0) is 23.3. The van der Waals surface area contributed by atoms with E-state index in [1.165, 1.54) is 33.3 Å². The van der Waals surface area contributed by atoms with E-state index in [1.807, 2.05) is 0 Å². The molecule has 1 heterocycles. The molecule has 0 saturated carbocycles. The molecule has 166 valence electrons. The van der Waals surface area contributed by atoms with Crippen LogP contribution >= 0.6 is 11.6 Å². The fraction of sp³-hybridized carbons (Fsp3) is 0.182. The zero-order valence-corrected chi connectivity index (χ0v) is 18.2. The normalized spacial score (nSPS) is 13.9. The molecule has 0 bridgehead atoms. The SMILES string of the molecule is COC(=O)COc1c(Cl)cc(/C=C2\N=C(c3ccc(NC(C)=O)cc3)OC2=O)cc1OC. The molecule has 0 unspecified atom stereocenters. The number of cyclic esters (lactones) is 1. The van der Waals surface area contributed by atoms with Crippen molar-refractivity contribution in [3.63, 3.8) is 0 Å². The Morgan fingerprint density at radius 1 is 1.19 bits per heavy atom. The van der Waals surface area contributed by atoms with Crippen molar-refractivity contribution in [1.82, 2.24) is 0 Å². The number of carbonyl (C=O) groups excluding carboxylic acids is 3. The lowest BCUT2D eigenvalue weighted by Crippen LogP contribution is -2.13. The van der Waals surface area contributed by atoms with Crippen molar-refractivity contribution in [3.05, 3.63) is 58.2 Å². The lowest BCUT2D eigenvalue weighted by atomic mass is 10.1. The smallest absolute Gasteiger partial charge is 0.363 e. The number of esters is 2. The number of benzene rings is 2. The van der Waals surface area contributed by atoms with Crippen LogP contribution in [0.1, 0.15) is 18.1 Å². The molecule has 0 atom stereocenters. The van der Waals surface area contributed by atoms with E-state index in [2.05, 4.69) is 15.0 Å². The summed E-state index contributed by atoms with van der Waals surface area (Å²) in [7, 11) is 2.66. The van der Waals surface area contributed by atoms with Gasteiger partial charge in [-0.2, -0.15) is 0 Å². The minimum absolute atomic E-state index is 0.0623. The van der Waals surface area contributed by atoms with Gasteiger partial charge in [-0.05, 0) is 48.0 Å². The van der Waals surface area contributed by atoms with Gasteiger partial charge < -0.3 is 24.3 Å². The third-order valence-corrected chi connectivity index (χ3v) is 4.47. The number of anilines is 1. The zero-order valence-electron chi connectivity index (χ0n) is 17.4. The van der Waals surface area contributed by atoms with E-state index in [0.29, 0.717) is 16.8 Å². The van der Waals surface area contributed by atoms with Crippen LogP contribution in [0, 0.1) is 0 Å². The van der Waals surface area contributed by atoms with Crippen LogP contribution in [-0.2, 0) is 23.9 Å². The van der Waals surface area contributed by atoms with Crippen molar-refractivity contribution in [3.8, 4) is 11.5 Å². The van der Waals surface area contributed by atoms with E-state index in [1.54, 1.807) is 30.3 Å². The Bertz CT molecular complexity index is 1120. The lowest BCUT2D eigenvalue weighted by molar-refractivity contribution is -0.143. The Balaban J connectivity index is 1.85. The highest BCUT2D eigenvalue weighted by atomic mass is 35.5. The van der Waals surface area contributed by atoms with Crippen molar-refractivity contribution >= 4 is 47.1 Å². The number of amides is 1. The molecule has 0 fully saturated rings. The van der Waals surface area contributed by atoms with Crippen LogP contribution in [-0.4, -0.2) is 44.6 Å². The molecule has 1 amide bonds. The van der Waals surface area contributed by atoms with Crippen LogP contribution in [0.15, 0.2) is 47.1 Å². The highest BCUT2D eigenvalue weighted by Gasteiger charge is 2.24. The van der Waals surface area contributed by atoms with E-state index in [0.717, 1.165) is 0 Å². The van der Waals surface area contributed by atoms with Crippen LogP contribution in [0.3, 0.4) is 0 Å². The van der Waals surface area contributed by atoms with Gasteiger partial charge in [0.25, 0.3) is 0 Å². The first kappa shape index (κ1) is 22.8. The second-order valence-corrected chi connectivity index (χ2v) is 6.90.